The van der Waals surface area contributed by atoms with Crippen LogP contribution < -0.4 is 0 Å². The van der Waals surface area contributed by atoms with Crippen molar-refractivity contribution in [1.82, 2.24) is 0 Å². The topological polar surface area (TPSA) is 0 Å². The van der Waals surface area contributed by atoms with Gasteiger partial charge in [-0.25, -0.2) is 0 Å². The van der Waals surface area contributed by atoms with Crippen LogP contribution in [0.5, 0.6) is 0 Å². The molecule has 2 aromatic rings. The van der Waals surface area contributed by atoms with E-state index in [0.29, 0.717) is 5.92 Å². The lowest BCUT2D eigenvalue weighted by Crippen LogP contribution is -1.95. The van der Waals surface area contributed by atoms with E-state index < -0.39 is 0 Å². The maximum absolute atomic E-state index is 2.31. The van der Waals surface area contributed by atoms with Crippen LogP contribution in [0.4, 0.5) is 0 Å². The molecular formula is C22H25. The molecule has 1 radical (unpaired) electrons. The Kier molecular flexibility index (Phi) is 4.47. The lowest BCUT2D eigenvalue weighted by Gasteiger charge is -2.13. The second-order valence-electron chi connectivity index (χ2n) is 6.51. The van der Waals surface area contributed by atoms with E-state index in [-0.39, 0.29) is 0 Å². The van der Waals surface area contributed by atoms with Crippen molar-refractivity contribution < 1.29 is 0 Å². The highest BCUT2D eigenvalue weighted by molar-refractivity contribution is 5.83. The summed E-state index contributed by atoms with van der Waals surface area (Å²) >= 11 is 0. The smallest absolute Gasteiger partial charge is 0.0273 e. The molecule has 0 amide bonds. The van der Waals surface area contributed by atoms with Crippen molar-refractivity contribution in [3.63, 3.8) is 0 Å². The summed E-state index contributed by atoms with van der Waals surface area (Å²) in [5, 5.41) is 0. The second kappa shape index (κ2) is 6.52. The zero-order valence-corrected chi connectivity index (χ0v) is 13.9. The van der Waals surface area contributed by atoms with Crippen molar-refractivity contribution in [2.45, 2.75) is 46.0 Å². The molecule has 0 saturated heterocycles. The van der Waals surface area contributed by atoms with Crippen LogP contribution in [0.15, 0.2) is 48.5 Å². The average Bonchev–Trinajstić information content (AvgIpc) is 2.96. The van der Waals surface area contributed by atoms with E-state index in [0.717, 1.165) is 0 Å². The summed E-state index contributed by atoms with van der Waals surface area (Å²) in [4.78, 5) is 0. The van der Waals surface area contributed by atoms with Crippen molar-refractivity contribution in [3.8, 4) is 11.1 Å². The molecule has 1 aliphatic carbocycles. The van der Waals surface area contributed by atoms with Crippen LogP contribution in [0.25, 0.3) is 17.2 Å². The number of unbranched alkanes of at least 4 members (excludes halogenated alkanes) is 1. The molecule has 0 spiro atoms. The van der Waals surface area contributed by atoms with E-state index in [1.54, 1.807) is 0 Å². The summed E-state index contributed by atoms with van der Waals surface area (Å²) in [6.45, 7) is 6.74. The Bertz CT molecular complexity index is 659. The van der Waals surface area contributed by atoms with Crippen molar-refractivity contribution in [1.29, 1.82) is 0 Å². The fraction of sp³-hybridized carbons (Fsp3) is 0.318. The first-order chi connectivity index (χ1) is 10.7. The SMILES string of the molecule is CCCC[C]1C=Cc2c1cccc2-c1ccc(C(C)C)cc1. The van der Waals surface area contributed by atoms with Crippen LogP contribution >= 0.6 is 0 Å². The summed E-state index contributed by atoms with van der Waals surface area (Å²) in [5.74, 6) is 2.09. The van der Waals surface area contributed by atoms with Gasteiger partial charge in [-0.15, -0.1) is 0 Å². The molecule has 0 saturated carbocycles. The Balaban J connectivity index is 1.93. The molecule has 0 N–H and O–H groups in total. The molecule has 0 atom stereocenters. The Morgan fingerprint density at radius 1 is 0.864 bits per heavy atom. The van der Waals surface area contributed by atoms with Crippen molar-refractivity contribution in [2.24, 2.45) is 0 Å². The van der Waals surface area contributed by atoms with Crippen LogP contribution in [0.2, 0.25) is 0 Å². The van der Waals surface area contributed by atoms with Crippen LogP contribution in [0.3, 0.4) is 0 Å². The first-order valence-corrected chi connectivity index (χ1v) is 8.48. The van der Waals surface area contributed by atoms with E-state index in [9.17, 15) is 0 Å². The molecule has 0 fully saturated rings. The predicted octanol–water partition coefficient (Wildman–Crippen LogP) is 6.62. The van der Waals surface area contributed by atoms with Gasteiger partial charge in [-0.3, -0.25) is 0 Å². The molecule has 0 unspecified atom stereocenters. The molecular weight excluding hydrogens is 264 g/mol. The zero-order valence-electron chi connectivity index (χ0n) is 13.9. The first-order valence-electron chi connectivity index (χ1n) is 8.48. The fourth-order valence-electron chi connectivity index (χ4n) is 3.18. The van der Waals surface area contributed by atoms with Gasteiger partial charge in [-0.2, -0.15) is 0 Å². The third-order valence-electron chi connectivity index (χ3n) is 4.59. The molecule has 0 aromatic heterocycles. The standard InChI is InChI=1S/C22H25/c1-4-5-7-18-14-15-22-20(18)8-6-9-21(22)19-12-10-17(11-13-19)16(2)3/h6,8-16H,4-5,7H2,1-3H3. The van der Waals surface area contributed by atoms with E-state index >= 15 is 0 Å². The Labute approximate surface area is 134 Å². The number of benzene rings is 2. The summed E-state index contributed by atoms with van der Waals surface area (Å²) in [5.41, 5.74) is 6.91. The number of rotatable bonds is 5. The van der Waals surface area contributed by atoms with Gasteiger partial charge in [0.2, 0.25) is 0 Å². The summed E-state index contributed by atoms with van der Waals surface area (Å²) < 4.78 is 0. The third kappa shape index (κ3) is 2.88. The van der Waals surface area contributed by atoms with Crippen molar-refractivity contribution in [3.05, 3.63) is 71.1 Å². The van der Waals surface area contributed by atoms with Gasteiger partial charge in [0.25, 0.3) is 0 Å². The van der Waals surface area contributed by atoms with Gasteiger partial charge < -0.3 is 0 Å². The van der Waals surface area contributed by atoms with Gasteiger partial charge in [-0.05, 0) is 40.2 Å². The number of hydrogen-bond donors (Lipinski definition) is 0. The number of hydrogen-bond acceptors (Lipinski definition) is 0. The molecule has 0 nitrogen and oxygen atoms in total. The Morgan fingerprint density at radius 2 is 1.59 bits per heavy atom. The molecule has 113 valence electrons. The zero-order chi connectivity index (χ0) is 15.5. The Morgan fingerprint density at radius 3 is 2.27 bits per heavy atom. The quantitative estimate of drug-likeness (QED) is 0.580. The minimum absolute atomic E-state index is 0.587. The van der Waals surface area contributed by atoms with E-state index in [1.807, 2.05) is 0 Å². The van der Waals surface area contributed by atoms with Gasteiger partial charge >= 0.3 is 0 Å². The minimum atomic E-state index is 0.587. The van der Waals surface area contributed by atoms with Crippen molar-refractivity contribution in [2.75, 3.05) is 0 Å². The maximum atomic E-state index is 2.31. The second-order valence-corrected chi connectivity index (χ2v) is 6.51. The molecule has 22 heavy (non-hydrogen) atoms. The van der Waals surface area contributed by atoms with Crippen LogP contribution in [-0.2, 0) is 0 Å². The molecule has 0 aliphatic heterocycles. The molecule has 2 aromatic carbocycles. The number of allylic oxidation sites excluding steroid dienone is 1. The fourth-order valence-corrected chi connectivity index (χ4v) is 3.18. The van der Waals surface area contributed by atoms with E-state index in [1.165, 1.54) is 53.0 Å². The monoisotopic (exact) mass is 289 g/mol. The lowest BCUT2D eigenvalue weighted by molar-refractivity contribution is 0.764. The van der Waals surface area contributed by atoms with Gasteiger partial charge in [0.1, 0.15) is 0 Å². The highest BCUT2D eigenvalue weighted by atomic mass is 14.2. The van der Waals surface area contributed by atoms with Gasteiger partial charge in [0.05, 0.1) is 0 Å². The predicted molar refractivity (Wildman–Crippen MR) is 96.9 cm³/mol. The van der Waals surface area contributed by atoms with Gasteiger partial charge in [0.15, 0.2) is 0 Å². The maximum Gasteiger partial charge on any atom is 0.0273 e. The summed E-state index contributed by atoms with van der Waals surface area (Å²) in [6, 6.07) is 15.8. The molecule has 0 heteroatoms. The third-order valence-corrected chi connectivity index (χ3v) is 4.59. The van der Waals surface area contributed by atoms with Crippen LogP contribution in [0, 0.1) is 5.92 Å². The van der Waals surface area contributed by atoms with Crippen molar-refractivity contribution >= 4 is 6.08 Å². The lowest BCUT2D eigenvalue weighted by atomic mass is 9.90. The van der Waals surface area contributed by atoms with Gasteiger partial charge in [-0.1, -0.05) is 88.2 Å². The normalized spacial score (nSPS) is 13.8. The molecule has 1 aliphatic rings. The number of fused-ring (bicyclic) bond motifs is 1. The minimum Gasteiger partial charge on any atom is -0.0721 e. The first kappa shape index (κ1) is 15.1. The summed E-state index contributed by atoms with van der Waals surface area (Å²) in [7, 11) is 0. The highest BCUT2D eigenvalue weighted by Gasteiger charge is 2.20. The molecule has 0 heterocycles. The van der Waals surface area contributed by atoms with E-state index in [4.69, 9.17) is 0 Å². The van der Waals surface area contributed by atoms with E-state index in [2.05, 4.69) is 75.4 Å². The summed E-state index contributed by atoms with van der Waals surface area (Å²) in [6.07, 6.45) is 8.32. The average molecular weight is 289 g/mol. The Hall–Kier alpha value is -1.82. The van der Waals surface area contributed by atoms with Crippen LogP contribution in [0.1, 0.15) is 62.6 Å². The molecule has 0 bridgehead atoms. The highest BCUT2D eigenvalue weighted by Crippen LogP contribution is 2.38. The van der Waals surface area contributed by atoms with Crippen LogP contribution in [-0.4, -0.2) is 0 Å². The largest absolute Gasteiger partial charge is 0.0721 e. The molecule has 3 rings (SSSR count). The van der Waals surface area contributed by atoms with Gasteiger partial charge in [0, 0.05) is 5.92 Å².